The molecule has 0 radical (unpaired) electrons. The van der Waals surface area contributed by atoms with Gasteiger partial charge in [-0.05, 0) is 31.6 Å². The van der Waals surface area contributed by atoms with Crippen molar-refractivity contribution in [1.82, 2.24) is 0 Å². The van der Waals surface area contributed by atoms with Gasteiger partial charge in [-0.1, -0.05) is 20.3 Å². The Bertz CT molecular complexity index is 141. The molecule has 1 atom stereocenters. The number of ether oxygens (including phenoxy) is 1. The van der Waals surface area contributed by atoms with Crippen molar-refractivity contribution in [2.75, 3.05) is 13.2 Å². The van der Waals surface area contributed by atoms with Crippen molar-refractivity contribution in [2.24, 2.45) is 5.92 Å². The molecule has 1 unspecified atom stereocenters. The number of aliphatic hydroxyl groups excluding tert-OH is 1. The molecule has 0 aromatic heterocycles. The monoisotopic (exact) mass is 186 g/mol. The van der Waals surface area contributed by atoms with Crippen molar-refractivity contribution in [3.8, 4) is 0 Å². The Labute approximate surface area is 81.3 Å². The fraction of sp³-hybridized carbons (Fsp3) is 1.00. The molecule has 1 rings (SSSR count). The molecular weight excluding hydrogens is 164 g/mol. The van der Waals surface area contributed by atoms with Gasteiger partial charge in [0.2, 0.25) is 0 Å². The summed E-state index contributed by atoms with van der Waals surface area (Å²) < 4.78 is 5.74. The fourth-order valence-electron chi connectivity index (χ4n) is 2.02. The SMILES string of the molecule is CCC(C)CC1(OCCO)CCC1. The van der Waals surface area contributed by atoms with Crippen LogP contribution in [0, 0.1) is 5.92 Å². The summed E-state index contributed by atoms with van der Waals surface area (Å²) in [6, 6.07) is 0. The van der Waals surface area contributed by atoms with Gasteiger partial charge >= 0.3 is 0 Å². The Morgan fingerprint density at radius 1 is 1.46 bits per heavy atom. The first-order chi connectivity index (χ1) is 6.22. The molecular formula is C11H22O2. The minimum absolute atomic E-state index is 0.137. The van der Waals surface area contributed by atoms with Gasteiger partial charge < -0.3 is 9.84 Å². The molecule has 13 heavy (non-hydrogen) atoms. The molecule has 2 heteroatoms. The Morgan fingerprint density at radius 2 is 2.15 bits per heavy atom. The zero-order chi connectivity index (χ0) is 9.73. The van der Waals surface area contributed by atoms with Gasteiger partial charge in [-0.3, -0.25) is 0 Å². The van der Waals surface area contributed by atoms with Gasteiger partial charge in [-0.2, -0.15) is 0 Å². The maximum atomic E-state index is 8.72. The molecule has 78 valence electrons. The molecule has 1 aliphatic rings. The summed E-state index contributed by atoms with van der Waals surface area (Å²) in [5.41, 5.74) is 0.137. The highest BCUT2D eigenvalue weighted by molar-refractivity contribution is 4.90. The number of hydrogen-bond donors (Lipinski definition) is 1. The molecule has 0 aliphatic heterocycles. The van der Waals surface area contributed by atoms with Crippen molar-refractivity contribution in [3.05, 3.63) is 0 Å². The van der Waals surface area contributed by atoms with Crippen LogP contribution in [0.4, 0.5) is 0 Å². The third-order valence-corrected chi connectivity index (χ3v) is 3.18. The number of rotatable bonds is 6. The predicted molar refractivity (Wildman–Crippen MR) is 53.7 cm³/mol. The van der Waals surface area contributed by atoms with E-state index >= 15 is 0 Å². The quantitative estimate of drug-likeness (QED) is 0.690. The molecule has 0 aromatic carbocycles. The lowest BCUT2D eigenvalue weighted by Gasteiger charge is -2.43. The molecule has 2 nitrogen and oxygen atoms in total. The van der Waals surface area contributed by atoms with Crippen molar-refractivity contribution >= 4 is 0 Å². The van der Waals surface area contributed by atoms with Gasteiger partial charge in [0.05, 0.1) is 18.8 Å². The van der Waals surface area contributed by atoms with Crippen LogP contribution in [0.5, 0.6) is 0 Å². The molecule has 0 heterocycles. The van der Waals surface area contributed by atoms with Crippen molar-refractivity contribution < 1.29 is 9.84 Å². The average molecular weight is 186 g/mol. The first-order valence-corrected chi connectivity index (χ1v) is 5.47. The van der Waals surface area contributed by atoms with E-state index in [-0.39, 0.29) is 12.2 Å². The second-order valence-corrected chi connectivity index (χ2v) is 4.33. The summed E-state index contributed by atoms with van der Waals surface area (Å²) in [7, 11) is 0. The van der Waals surface area contributed by atoms with Crippen molar-refractivity contribution in [1.29, 1.82) is 0 Å². The van der Waals surface area contributed by atoms with Gasteiger partial charge in [0.15, 0.2) is 0 Å². The summed E-state index contributed by atoms with van der Waals surface area (Å²) in [4.78, 5) is 0. The largest absolute Gasteiger partial charge is 0.394 e. The van der Waals surface area contributed by atoms with Crippen LogP contribution in [0.25, 0.3) is 0 Å². The van der Waals surface area contributed by atoms with Crippen LogP contribution in [0.3, 0.4) is 0 Å². The Kier molecular flexibility index (Phi) is 4.20. The van der Waals surface area contributed by atoms with E-state index in [2.05, 4.69) is 13.8 Å². The van der Waals surface area contributed by atoms with E-state index in [1.165, 1.54) is 32.1 Å². The third-order valence-electron chi connectivity index (χ3n) is 3.18. The summed E-state index contributed by atoms with van der Waals surface area (Å²) >= 11 is 0. The van der Waals surface area contributed by atoms with E-state index in [4.69, 9.17) is 9.84 Å². The molecule has 1 aliphatic carbocycles. The van der Waals surface area contributed by atoms with E-state index in [1.807, 2.05) is 0 Å². The minimum atomic E-state index is 0.137. The second kappa shape index (κ2) is 4.97. The lowest BCUT2D eigenvalue weighted by Crippen LogP contribution is -2.42. The molecule has 1 saturated carbocycles. The highest BCUT2D eigenvalue weighted by atomic mass is 16.5. The smallest absolute Gasteiger partial charge is 0.0705 e. The predicted octanol–water partition coefficient (Wildman–Crippen LogP) is 2.35. The Hall–Kier alpha value is -0.0800. The van der Waals surface area contributed by atoms with E-state index in [0.717, 1.165) is 5.92 Å². The normalized spacial score (nSPS) is 22.4. The van der Waals surface area contributed by atoms with Crippen molar-refractivity contribution in [2.45, 2.75) is 51.6 Å². The third kappa shape index (κ3) is 2.96. The maximum Gasteiger partial charge on any atom is 0.0705 e. The Balaban J connectivity index is 2.31. The van der Waals surface area contributed by atoms with Crippen LogP contribution < -0.4 is 0 Å². The minimum Gasteiger partial charge on any atom is -0.394 e. The molecule has 0 aromatic rings. The standard InChI is InChI=1S/C11H22O2/c1-3-10(2)9-11(5-4-6-11)13-8-7-12/h10,12H,3-9H2,1-2H3. The Morgan fingerprint density at radius 3 is 2.54 bits per heavy atom. The number of hydrogen-bond acceptors (Lipinski definition) is 2. The van der Waals surface area contributed by atoms with Crippen LogP contribution >= 0.6 is 0 Å². The highest BCUT2D eigenvalue weighted by Crippen LogP contribution is 2.41. The molecule has 0 saturated heterocycles. The highest BCUT2D eigenvalue weighted by Gasteiger charge is 2.38. The van der Waals surface area contributed by atoms with Gasteiger partial charge in [0.25, 0.3) is 0 Å². The number of aliphatic hydroxyl groups is 1. The maximum absolute atomic E-state index is 8.72. The summed E-state index contributed by atoms with van der Waals surface area (Å²) in [6.45, 7) is 5.17. The topological polar surface area (TPSA) is 29.5 Å². The molecule has 1 fully saturated rings. The molecule has 1 N–H and O–H groups in total. The fourth-order valence-corrected chi connectivity index (χ4v) is 2.02. The first-order valence-electron chi connectivity index (χ1n) is 5.47. The lowest BCUT2D eigenvalue weighted by molar-refractivity contribution is -0.120. The molecule has 0 amide bonds. The van der Waals surface area contributed by atoms with Crippen LogP contribution in [0.1, 0.15) is 46.0 Å². The van der Waals surface area contributed by atoms with Crippen LogP contribution in [0.2, 0.25) is 0 Å². The zero-order valence-corrected chi connectivity index (χ0v) is 8.88. The van der Waals surface area contributed by atoms with Crippen LogP contribution in [-0.4, -0.2) is 23.9 Å². The summed E-state index contributed by atoms with van der Waals surface area (Å²) in [6.07, 6.45) is 6.07. The van der Waals surface area contributed by atoms with Gasteiger partial charge in [-0.25, -0.2) is 0 Å². The van der Waals surface area contributed by atoms with E-state index in [0.29, 0.717) is 6.61 Å². The van der Waals surface area contributed by atoms with Crippen LogP contribution in [0.15, 0.2) is 0 Å². The first kappa shape index (κ1) is 11.0. The summed E-state index contributed by atoms with van der Waals surface area (Å²) in [5, 5.41) is 8.72. The van der Waals surface area contributed by atoms with Gasteiger partial charge in [0, 0.05) is 0 Å². The van der Waals surface area contributed by atoms with Gasteiger partial charge in [0.1, 0.15) is 0 Å². The van der Waals surface area contributed by atoms with E-state index in [1.54, 1.807) is 0 Å². The second-order valence-electron chi connectivity index (χ2n) is 4.33. The molecule has 0 spiro atoms. The average Bonchev–Trinajstić information content (AvgIpc) is 2.09. The lowest BCUT2D eigenvalue weighted by atomic mass is 9.74. The summed E-state index contributed by atoms with van der Waals surface area (Å²) in [5.74, 6) is 0.749. The van der Waals surface area contributed by atoms with Crippen molar-refractivity contribution in [3.63, 3.8) is 0 Å². The van der Waals surface area contributed by atoms with Gasteiger partial charge in [-0.15, -0.1) is 0 Å². The van der Waals surface area contributed by atoms with E-state index in [9.17, 15) is 0 Å². The van der Waals surface area contributed by atoms with E-state index < -0.39 is 0 Å². The molecule has 0 bridgehead atoms. The van der Waals surface area contributed by atoms with Crippen LogP contribution in [-0.2, 0) is 4.74 Å². The zero-order valence-electron chi connectivity index (χ0n) is 8.88.